The van der Waals surface area contributed by atoms with Crippen LogP contribution in [-0.4, -0.2) is 17.4 Å². The van der Waals surface area contributed by atoms with Gasteiger partial charge in [0.25, 0.3) is 0 Å². The van der Waals surface area contributed by atoms with E-state index in [9.17, 15) is 31.1 Å². The second kappa shape index (κ2) is 6.66. The van der Waals surface area contributed by atoms with E-state index in [1.54, 1.807) is 0 Å². The highest BCUT2D eigenvalue weighted by molar-refractivity contribution is 5.73. The zero-order valence-corrected chi connectivity index (χ0v) is 12.3. The number of benzene rings is 2. The highest BCUT2D eigenvalue weighted by atomic mass is 19.4. The summed E-state index contributed by atoms with van der Waals surface area (Å²) in [6, 6.07) is 6.98. The summed E-state index contributed by atoms with van der Waals surface area (Å²) in [5, 5.41) is 8.76. The Kier molecular flexibility index (Phi) is 4.96. The van der Waals surface area contributed by atoms with E-state index in [2.05, 4.69) is 4.74 Å². The number of carbonyl (C=O) groups is 1. The summed E-state index contributed by atoms with van der Waals surface area (Å²) < 4.78 is 78.9. The molecule has 0 atom stereocenters. The van der Waals surface area contributed by atoms with Gasteiger partial charge < -0.3 is 9.84 Å². The van der Waals surface area contributed by atoms with Gasteiger partial charge in [-0.2, -0.15) is 13.2 Å². The summed E-state index contributed by atoms with van der Waals surface area (Å²) in [5.41, 5.74) is -0.901. The van der Waals surface area contributed by atoms with Gasteiger partial charge in [-0.15, -0.1) is 13.2 Å². The van der Waals surface area contributed by atoms with Crippen molar-refractivity contribution in [3.8, 4) is 16.9 Å². The third kappa shape index (κ3) is 5.40. The van der Waals surface area contributed by atoms with E-state index < -0.39 is 36.2 Å². The Labute approximate surface area is 137 Å². The van der Waals surface area contributed by atoms with Gasteiger partial charge in [0, 0.05) is 0 Å². The number of rotatable bonds is 4. The number of ether oxygens (including phenoxy) is 1. The number of hydrogen-bond donors (Lipinski definition) is 1. The molecule has 0 heterocycles. The predicted molar refractivity (Wildman–Crippen MR) is 74.9 cm³/mol. The molecular formula is C16H10F6O3. The van der Waals surface area contributed by atoms with Crippen molar-refractivity contribution in [2.24, 2.45) is 0 Å². The molecule has 1 N–H and O–H groups in total. The highest BCUT2D eigenvalue weighted by Crippen LogP contribution is 2.34. The third-order valence-corrected chi connectivity index (χ3v) is 3.10. The topological polar surface area (TPSA) is 46.5 Å². The fourth-order valence-corrected chi connectivity index (χ4v) is 2.15. The van der Waals surface area contributed by atoms with E-state index in [1.807, 2.05) is 0 Å². The van der Waals surface area contributed by atoms with Gasteiger partial charge in [-0.05, 0) is 41.0 Å². The van der Waals surface area contributed by atoms with E-state index in [1.165, 1.54) is 6.07 Å². The van der Waals surface area contributed by atoms with Gasteiger partial charge in [-0.25, -0.2) is 0 Å². The molecule has 0 fully saturated rings. The largest absolute Gasteiger partial charge is 0.573 e. The van der Waals surface area contributed by atoms with Crippen LogP contribution in [0.1, 0.15) is 11.1 Å². The zero-order valence-electron chi connectivity index (χ0n) is 12.3. The molecule has 0 aromatic heterocycles. The van der Waals surface area contributed by atoms with Crippen LogP contribution in [-0.2, 0) is 17.4 Å². The van der Waals surface area contributed by atoms with Crippen molar-refractivity contribution >= 4 is 5.97 Å². The molecule has 134 valence electrons. The van der Waals surface area contributed by atoms with Crippen LogP contribution in [0, 0.1) is 0 Å². The van der Waals surface area contributed by atoms with Gasteiger partial charge in [-0.3, -0.25) is 4.79 Å². The number of aliphatic carboxylic acids is 1. The third-order valence-electron chi connectivity index (χ3n) is 3.10. The van der Waals surface area contributed by atoms with Crippen molar-refractivity contribution in [1.82, 2.24) is 0 Å². The molecule has 0 saturated carbocycles. The van der Waals surface area contributed by atoms with E-state index >= 15 is 0 Å². The first-order valence-corrected chi connectivity index (χ1v) is 6.73. The molecule has 0 amide bonds. The quantitative estimate of drug-likeness (QED) is 0.785. The average molecular weight is 364 g/mol. The predicted octanol–water partition coefficient (Wildman–Crippen LogP) is 4.90. The smallest absolute Gasteiger partial charge is 0.481 e. The van der Waals surface area contributed by atoms with E-state index in [0.717, 1.165) is 36.4 Å². The van der Waals surface area contributed by atoms with Crippen molar-refractivity contribution in [2.75, 3.05) is 0 Å². The van der Waals surface area contributed by atoms with Crippen LogP contribution in [0.2, 0.25) is 0 Å². The molecule has 0 bridgehead atoms. The lowest BCUT2D eigenvalue weighted by molar-refractivity contribution is -0.274. The monoisotopic (exact) mass is 364 g/mol. The molecule has 0 spiro atoms. The molecule has 2 aromatic carbocycles. The lowest BCUT2D eigenvalue weighted by atomic mass is 9.98. The Morgan fingerprint density at radius 1 is 0.920 bits per heavy atom. The number of carboxylic acids is 1. The Bertz CT molecular complexity index is 763. The highest BCUT2D eigenvalue weighted by Gasteiger charge is 2.32. The first kappa shape index (κ1) is 18.6. The Morgan fingerprint density at radius 2 is 1.52 bits per heavy atom. The Hall–Kier alpha value is -2.71. The van der Waals surface area contributed by atoms with Crippen LogP contribution in [0.3, 0.4) is 0 Å². The molecule has 0 aliphatic rings. The molecule has 2 aromatic rings. The minimum atomic E-state index is -4.88. The van der Waals surface area contributed by atoms with Crippen LogP contribution < -0.4 is 4.74 Å². The van der Waals surface area contributed by atoms with Gasteiger partial charge in [0.1, 0.15) is 5.75 Å². The van der Waals surface area contributed by atoms with Crippen LogP contribution in [0.15, 0.2) is 42.5 Å². The SMILES string of the molecule is O=C(O)Cc1cc(-c2ccc(OC(F)(F)F)cc2)cc(C(F)(F)F)c1. The number of carboxylic acid groups (broad SMARTS) is 1. The summed E-state index contributed by atoms with van der Waals surface area (Å²) in [4.78, 5) is 10.8. The second-order valence-electron chi connectivity index (χ2n) is 5.06. The van der Waals surface area contributed by atoms with Crippen molar-refractivity contribution in [2.45, 2.75) is 19.0 Å². The molecule has 0 aliphatic carbocycles. The number of hydrogen-bond acceptors (Lipinski definition) is 2. The van der Waals surface area contributed by atoms with Crippen molar-refractivity contribution in [1.29, 1.82) is 0 Å². The van der Waals surface area contributed by atoms with Crippen LogP contribution >= 0.6 is 0 Å². The van der Waals surface area contributed by atoms with Crippen LogP contribution in [0.5, 0.6) is 5.75 Å². The zero-order chi connectivity index (χ0) is 18.8. The van der Waals surface area contributed by atoms with Crippen molar-refractivity contribution < 1.29 is 41.0 Å². The average Bonchev–Trinajstić information content (AvgIpc) is 2.44. The maximum atomic E-state index is 13.0. The van der Waals surface area contributed by atoms with Gasteiger partial charge >= 0.3 is 18.5 Å². The minimum absolute atomic E-state index is 0.0321. The number of alkyl halides is 6. The molecule has 2 rings (SSSR count). The van der Waals surface area contributed by atoms with Crippen molar-refractivity contribution in [3.63, 3.8) is 0 Å². The minimum Gasteiger partial charge on any atom is -0.481 e. The maximum absolute atomic E-state index is 13.0. The molecule has 0 saturated heterocycles. The van der Waals surface area contributed by atoms with Crippen LogP contribution in [0.25, 0.3) is 11.1 Å². The molecule has 3 nitrogen and oxygen atoms in total. The molecular weight excluding hydrogens is 354 g/mol. The summed E-state index contributed by atoms with van der Waals surface area (Å²) in [6.07, 6.45) is -10.2. The standard InChI is InChI=1S/C16H10F6O3/c17-15(18,19)12-6-9(7-14(23)24)5-11(8-12)10-1-3-13(4-2-10)25-16(20,21)22/h1-6,8H,7H2,(H,23,24). The van der Waals surface area contributed by atoms with E-state index in [0.29, 0.717) is 0 Å². The van der Waals surface area contributed by atoms with Gasteiger partial charge in [0.15, 0.2) is 0 Å². The second-order valence-corrected chi connectivity index (χ2v) is 5.06. The molecule has 0 radical (unpaired) electrons. The Balaban J connectivity index is 2.41. The molecule has 25 heavy (non-hydrogen) atoms. The van der Waals surface area contributed by atoms with E-state index in [4.69, 9.17) is 5.11 Å². The van der Waals surface area contributed by atoms with Crippen molar-refractivity contribution in [3.05, 3.63) is 53.6 Å². The van der Waals surface area contributed by atoms with E-state index in [-0.39, 0.29) is 16.7 Å². The van der Waals surface area contributed by atoms with Gasteiger partial charge in [0.2, 0.25) is 0 Å². The summed E-state index contributed by atoms with van der Waals surface area (Å²) in [5.74, 6) is -1.83. The molecule has 0 unspecified atom stereocenters. The normalized spacial score (nSPS) is 12.1. The lowest BCUT2D eigenvalue weighted by Crippen LogP contribution is -2.16. The molecule has 9 heteroatoms. The Morgan fingerprint density at radius 3 is 2.00 bits per heavy atom. The summed E-state index contributed by atoms with van der Waals surface area (Å²) in [7, 11) is 0. The van der Waals surface area contributed by atoms with Gasteiger partial charge in [0.05, 0.1) is 12.0 Å². The summed E-state index contributed by atoms with van der Waals surface area (Å²) in [6.45, 7) is 0. The summed E-state index contributed by atoms with van der Waals surface area (Å²) >= 11 is 0. The lowest BCUT2D eigenvalue weighted by Gasteiger charge is -2.13. The van der Waals surface area contributed by atoms with Crippen LogP contribution in [0.4, 0.5) is 26.3 Å². The first-order chi connectivity index (χ1) is 11.4. The fourth-order valence-electron chi connectivity index (χ4n) is 2.15. The maximum Gasteiger partial charge on any atom is 0.573 e. The molecule has 0 aliphatic heterocycles. The fraction of sp³-hybridized carbons (Fsp3) is 0.188. The first-order valence-electron chi connectivity index (χ1n) is 6.73. The number of halogens is 6. The van der Waals surface area contributed by atoms with Gasteiger partial charge in [-0.1, -0.05) is 18.2 Å².